The van der Waals surface area contributed by atoms with Gasteiger partial charge in [0.25, 0.3) is 0 Å². The van der Waals surface area contributed by atoms with E-state index in [9.17, 15) is 0 Å². The Kier molecular flexibility index (Phi) is 6.46. The largest absolute Gasteiger partial charge is 0.374 e. The highest BCUT2D eigenvalue weighted by atomic mass is 35.5. The molecular formula is C23H29ClN2O. The van der Waals surface area contributed by atoms with Crippen LogP contribution in [0.2, 0.25) is 5.02 Å². The second kappa shape index (κ2) is 9.20. The molecule has 1 unspecified atom stereocenters. The van der Waals surface area contributed by atoms with Crippen molar-refractivity contribution >= 4 is 11.6 Å². The lowest BCUT2D eigenvalue weighted by Gasteiger charge is -2.38. The summed E-state index contributed by atoms with van der Waals surface area (Å²) >= 11 is 6.02. The first-order valence-electron chi connectivity index (χ1n) is 10.1. The van der Waals surface area contributed by atoms with Crippen LogP contribution in [0.25, 0.3) is 0 Å². The molecule has 0 aliphatic carbocycles. The van der Waals surface area contributed by atoms with E-state index in [0.717, 1.165) is 50.9 Å². The van der Waals surface area contributed by atoms with Crippen LogP contribution in [0.4, 0.5) is 0 Å². The first-order valence-corrected chi connectivity index (χ1v) is 10.5. The minimum Gasteiger partial charge on any atom is -0.374 e. The lowest BCUT2D eigenvalue weighted by atomic mass is 9.89. The summed E-state index contributed by atoms with van der Waals surface area (Å²) in [5, 5.41) is 0.825. The number of benzene rings is 2. The molecule has 0 radical (unpaired) electrons. The first-order chi connectivity index (χ1) is 13.3. The Hall–Kier alpha value is -1.39. The quantitative estimate of drug-likeness (QED) is 0.758. The number of piperidine rings is 1. The molecule has 3 nitrogen and oxygen atoms in total. The van der Waals surface area contributed by atoms with Gasteiger partial charge in [0.15, 0.2) is 0 Å². The maximum atomic E-state index is 6.08. The molecule has 2 aliphatic heterocycles. The van der Waals surface area contributed by atoms with Crippen LogP contribution >= 0.6 is 11.6 Å². The molecule has 0 saturated carbocycles. The summed E-state index contributed by atoms with van der Waals surface area (Å²) in [4.78, 5) is 5.12. The van der Waals surface area contributed by atoms with Gasteiger partial charge in [0.05, 0.1) is 12.7 Å². The molecule has 2 saturated heterocycles. The minimum absolute atomic E-state index is 0.328. The fourth-order valence-electron chi connectivity index (χ4n) is 4.35. The molecule has 2 aromatic carbocycles. The molecule has 0 N–H and O–H groups in total. The number of ether oxygens (including phenoxy) is 1. The van der Waals surface area contributed by atoms with Crippen molar-refractivity contribution in [2.75, 3.05) is 39.3 Å². The van der Waals surface area contributed by atoms with Crippen LogP contribution in [0.15, 0.2) is 54.6 Å². The van der Waals surface area contributed by atoms with E-state index in [1.807, 2.05) is 12.1 Å². The van der Waals surface area contributed by atoms with E-state index >= 15 is 0 Å². The van der Waals surface area contributed by atoms with E-state index in [0.29, 0.717) is 12.0 Å². The maximum Gasteiger partial charge on any atom is 0.0829 e. The van der Waals surface area contributed by atoms with Crippen LogP contribution < -0.4 is 0 Å². The molecule has 2 aliphatic rings. The summed E-state index contributed by atoms with van der Waals surface area (Å²) in [7, 11) is 0. The Morgan fingerprint density at radius 1 is 0.889 bits per heavy atom. The minimum atomic E-state index is 0.328. The summed E-state index contributed by atoms with van der Waals surface area (Å²) < 4.78 is 6.08. The molecule has 0 aromatic heterocycles. The summed E-state index contributed by atoms with van der Waals surface area (Å²) in [5.74, 6) is 0.667. The van der Waals surface area contributed by atoms with Crippen molar-refractivity contribution in [1.82, 2.24) is 9.80 Å². The summed E-state index contributed by atoms with van der Waals surface area (Å²) in [6.07, 6.45) is 2.78. The molecule has 144 valence electrons. The molecule has 4 heteroatoms. The zero-order chi connectivity index (χ0) is 18.5. The highest BCUT2D eigenvalue weighted by molar-refractivity contribution is 6.30. The molecule has 27 heavy (non-hydrogen) atoms. The average molecular weight is 385 g/mol. The SMILES string of the molecule is Clc1ccc(C2CCN(CC3CN(Cc4ccccc4)CCO3)CC2)cc1. The van der Waals surface area contributed by atoms with Crippen molar-refractivity contribution in [2.24, 2.45) is 0 Å². The number of rotatable bonds is 5. The normalized spacial score (nSPS) is 22.8. The Bertz CT molecular complexity index is 698. The van der Waals surface area contributed by atoms with Crippen LogP contribution in [0, 0.1) is 0 Å². The Morgan fingerprint density at radius 2 is 1.63 bits per heavy atom. The molecule has 2 aromatic rings. The molecule has 4 rings (SSSR count). The number of nitrogens with zero attached hydrogens (tertiary/aromatic N) is 2. The Morgan fingerprint density at radius 3 is 2.37 bits per heavy atom. The molecular weight excluding hydrogens is 356 g/mol. The second-order valence-electron chi connectivity index (χ2n) is 7.84. The Balaban J connectivity index is 1.24. The topological polar surface area (TPSA) is 15.7 Å². The van der Waals surface area contributed by atoms with E-state index in [1.54, 1.807) is 0 Å². The van der Waals surface area contributed by atoms with Crippen LogP contribution in [0.3, 0.4) is 0 Å². The van der Waals surface area contributed by atoms with Crippen molar-refractivity contribution in [3.8, 4) is 0 Å². The van der Waals surface area contributed by atoms with Crippen molar-refractivity contribution < 1.29 is 4.74 Å². The first kappa shape index (κ1) is 18.9. The smallest absolute Gasteiger partial charge is 0.0829 e. The van der Waals surface area contributed by atoms with Gasteiger partial charge in [0, 0.05) is 31.2 Å². The fraction of sp³-hybridized carbons (Fsp3) is 0.478. The van der Waals surface area contributed by atoms with Crippen molar-refractivity contribution in [1.29, 1.82) is 0 Å². The van der Waals surface area contributed by atoms with Crippen molar-refractivity contribution in [2.45, 2.75) is 31.4 Å². The van der Waals surface area contributed by atoms with Gasteiger partial charge in [-0.2, -0.15) is 0 Å². The van der Waals surface area contributed by atoms with Crippen LogP contribution in [0.5, 0.6) is 0 Å². The maximum absolute atomic E-state index is 6.08. The van der Waals surface area contributed by atoms with E-state index < -0.39 is 0 Å². The average Bonchev–Trinajstić information content (AvgIpc) is 2.70. The third kappa shape index (κ3) is 5.32. The van der Waals surface area contributed by atoms with Gasteiger partial charge < -0.3 is 9.64 Å². The van der Waals surface area contributed by atoms with Gasteiger partial charge in [0.2, 0.25) is 0 Å². The van der Waals surface area contributed by atoms with Gasteiger partial charge in [-0.1, -0.05) is 54.1 Å². The number of morpholine rings is 1. The standard InChI is InChI=1S/C23H29ClN2O/c24-22-8-6-20(7-9-22)21-10-12-25(13-11-21)17-23-18-26(14-15-27-23)16-19-4-2-1-3-5-19/h1-9,21,23H,10-18H2. The van der Waals surface area contributed by atoms with Gasteiger partial charge in [-0.05, 0) is 55.1 Å². The number of halogens is 1. The second-order valence-corrected chi connectivity index (χ2v) is 8.28. The third-order valence-corrected chi connectivity index (χ3v) is 6.11. The van der Waals surface area contributed by atoms with Gasteiger partial charge >= 0.3 is 0 Å². The number of hydrogen-bond donors (Lipinski definition) is 0. The third-order valence-electron chi connectivity index (χ3n) is 5.86. The van der Waals surface area contributed by atoms with Crippen molar-refractivity contribution in [3.63, 3.8) is 0 Å². The molecule has 0 spiro atoms. The highest BCUT2D eigenvalue weighted by Crippen LogP contribution is 2.29. The van der Waals surface area contributed by atoms with Gasteiger partial charge in [-0.25, -0.2) is 0 Å². The highest BCUT2D eigenvalue weighted by Gasteiger charge is 2.26. The van der Waals surface area contributed by atoms with Gasteiger partial charge in [-0.3, -0.25) is 4.90 Å². The predicted molar refractivity (Wildman–Crippen MR) is 111 cm³/mol. The zero-order valence-electron chi connectivity index (χ0n) is 15.9. The summed E-state index contributed by atoms with van der Waals surface area (Å²) in [6, 6.07) is 19.2. The summed E-state index contributed by atoms with van der Waals surface area (Å²) in [5.41, 5.74) is 2.82. The van der Waals surface area contributed by atoms with E-state index in [-0.39, 0.29) is 0 Å². The zero-order valence-corrected chi connectivity index (χ0v) is 16.7. The van der Waals surface area contributed by atoms with E-state index in [1.165, 1.54) is 24.0 Å². The predicted octanol–water partition coefficient (Wildman–Crippen LogP) is 4.42. The fourth-order valence-corrected chi connectivity index (χ4v) is 4.47. The van der Waals surface area contributed by atoms with Crippen molar-refractivity contribution in [3.05, 3.63) is 70.7 Å². The van der Waals surface area contributed by atoms with Gasteiger partial charge in [-0.15, -0.1) is 0 Å². The lowest BCUT2D eigenvalue weighted by molar-refractivity contribution is -0.0482. The molecule has 2 heterocycles. The molecule has 0 amide bonds. The van der Waals surface area contributed by atoms with E-state index in [4.69, 9.17) is 16.3 Å². The van der Waals surface area contributed by atoms with Crippen LogP contribution in [0.1, 0.15) is 29.9 Å². The monoisotopic (exact) mass is 384 g/mol. The summed E-state index contributed by atoms with van der Waals surface area (Å²) in [6.45, 7) is 7.31. The molecule has 1 atom stereocenters. The number of likely N-dealkylation sites (tertiary alicyclic amines) is 1. The lowest BCUT2D eigenvalue weighted by Crippen LogP contribution is -2.48. The van der Waals surface area contributed by atoms with Crippen LogP contribution in [-0.4, -0.2) is 55.2 Å². The number of hydrogen-bond acceptors (Lipinski definition) is 3. The van der Waals surface area contributed by atoms with E-state index in [2.05, 4.69) is 52.3 Å². The Labute approximate surface area is 167 Å². The van der Waals surface area contributed by atoms with Crippen LogP contribution in [-0.2, 0) is 11.3 Å². The van der Waals surface area contributed by atoms with Gasteiger partial charge in [0.1, 0.15) is 0 Å². The molecule has 0 bridgehead atoms. The molecule has 2 fully saturated rings.